The van der Waals surface area contributed by atoms with Crippen molar-refractivity contribution in [3.63, 3.8) is 0 Å². The topological polar surface area (TPSA) is 72.2 Å². The number of nitrogens with zero attached hydrogens (tertiary/aromatic N) is 1. The zero-order valence-corrected chi connectivity index (χ0v) is 11.7. The van der Waals surface area contributed by atoms with Crippen LogP contribution in [0.4, 0.5) is 5.69 Å². The van der Waals surface area contributed by atoms with Crippen LogP contribution in [0.5, 0.6) is 0 Å². The fourth-order valence-electron chi connectivity index (χ4n) is 2.15. The summed E-state index contributed by atoms with van der Waals surface area (Å²) in [4.78, 5) is 22.2. The molecule has 0 fully saturated rings. The molecule has 0 atom stereocenters. The summed E-state index contributed by atoms with van der Waals surface area (Å²) in [5.41, 5.74) is 1.21. The van der Waals surface area contributed by atoms with Crippen molar-refractivity contribution in [2.45, 2.75) is 25.7 Å². The number of benzene rings is 1. The minimum atomic E-state index is -0.594. The molecule has 1 aliphatic rings. The number of amides is 1. The predicted molar refractivity (Wildman–Crippen MR) is 77.0 cm³/mol. The van der Waals surface area contributed by atoms with Crippen LogP contribution in [0, 0.1) is 10.1 Å². The third-order valence-electron chi connectivity index (χ3n) is 3.27. The van der Waals surface area contributed by atoms with Gasteiger partial charge in [-0.05, 0) is 37.8 Å². The Balaban J connectivity index is 2.03. The van der Waals surface area contributed by atoms with E-state index < -0.39 is 4.92 Å². The van der Waals surface area contributed by atoms with Crippen LogP contribution in [-0.4, -0.2) is 17.4 Å². The number of nitro groups is 1. The number of hydrogen-bond acceptors (Lipinski definition) is 3. The van der Waals surface area contributed by atoms with Crippen molar-refractivity contribution >= 4 is 23.2 Å². The van der Waals surface area contributed by atoms with Crippen LogP contribution in [0.2, 0.25) is 5.02 Å². The van der Waals surface area contributed by atoms with Crippen molar-refractivity contribution in [3.05, 3.63) is 50.5 Å². The van der Waals surface area contributed by atoms with E-state index in [0.29, 0.717) is 6.54 Å². The number of nitro benzene ring substituents is 1. The third kappa shape index (κ3) is 3.57. The average Bonchev–Trinajstić information content (AvgIpc) is 2.46. The van der Waals surface area contributed by atoms with Crippen LogP contribution in [0.25, 0.3) is 0 Å². The summed E-state index contributed by atoms with van der Waals surface area (Å²) in [5, 5.41) is 13.6. The first-order valence-corrected chi connectivity index (χ1v) is 6.86. The van der Waals surface area contributed by atoms with Gasteiger partial charge in [-0.25, -0.2) is 0 Å². The van der Waals surface area contributed by atoms with Gasteiger partial charge in [-0.3, -0.25) is 14.9 Å². The van der Waals surface area contributed by atoms with Crippen LogP contribution >= 0.6 is 11.6 Å². The van der Waals surface area contributed by atoms with E-state index in [2.05, 4.69) is 11.4 Å². The van der Waals surface area contributed by atoms with Crippen molar-refractivity contribution < 1.29 is 9.72 Å². The smallest absolute Gasteiger partial charge is 0.288 e. The molecular weight excluding hydrogens is 280 g/mol. The number of hydrogen-bond donors (Lipinski definition) is 1. The van der Waals surface area contributed by atoms with Crippen molar-refractivity contribution in [1.82, 2.24) is 5.32 Å². The van der Waals surface area contributed by atoms with E-state index in [0.717, 1.165) is 19.3 Å². The van der Waals surface area contributed by atoms with Crippen molar-refractivity contribution in [2.24, 2.45) is 0 Å². The highest BCUT2D eigenvalue weighted by atomic mass is 35.5. The molecule has 5 nitrogen and oxygen atoms in total. The summed E-state index contributed by atoms with van der Waals surface area (Å²) in [6.45, 7) is 0.495. The second kappa shape index (κ2) is 6.52. The van der Waals surface area contributed by atoms with Gasteiger partial charge in [0, 0.05) is 18.2 Å². The van der Waals surface area contributed by atoms with E-state index in [1.54, 1.807) is 0 Å². The maximum Gasteiger partial charge on any atom is 0.288 e. The molecule has 1 N–H and O–H groups in total. The van der Waals surface area contributed by atoms with Gasteiger partial charge in [0.2, 0.25) is 0 Å². The molecule has 6 heteroatoms. The molecule has 0 bridgehead atoms. The molecule has 0 unspecified atom stereocenters. The molecule has 0 aliphatic heterocycles. The van der Waals surface area contributed by atoms with Gasteiger partial charge < -0.3 is 5.32 Å². The summed E-state index contributed by atoms with van der Waals surface area (Å²) < 4.78 is 0. The average molecular weight is 295 g/mol. The standard InChI is InChI=1S/C14H15ClN2O3/c15-12-7-6-11(8-13(12)17(19)20)14(18)16-9-10-4-2-1-3-5-10/h4,6-8H,1-3,5,9H2,(H,16,18). The molecule has 0 saturated carbocycles. The molecular formula is C14H15ClN2O3. The lowest BCUT2D eigenvalue weighted by Crippen LogP contribution is -2.26. The molecule has 0 spiro atoms. The molecule has 1 aromatic rings. The fraction of sp³-hybridized carbons (Fsp3) is 0.357. The Morgan fingerprint density at radius 2 is 2.20 bits per heavy atom. The summed E-state index contributed by atoms with van der Waals surface area (Å²) in [7, 11) is 0. The Labute approximate surface area is 121 Å². The van der Waals surface area contributed by atoms with Gasteiger partial charge >= 0.3 is 0 Å². The zero-order valence-electron chi connectivity index (χ0n) is 10.9. The van der Waals surface area contributed by atoms with Crippen LogP contribution in [-0.2, 0) is 0 Å². The monoisotopic (exact) mass is 294 g/mol. The normalized spacial score (nSPS) is 14.6. The van der Waals surface area contributed by atoms with Gasteiger partial charge in [-0.2, -0.15) is 0 Å². The summed E-state index contributed by atoms with van der Waals surface area (Å²) in [5.74, 6) is -0.323. The minimum Gasteiger partial charge on any atom is -0.348 e. The first kappa shape index (κ1) is 14.5. The molecule has 0 heterocycles. The SMILES string of the molecule is O=C(NCC1=CCCCC1)c1ccc(Cl)c([N+](=O)[O-])c1. The van der Waals surface area contributed by atoms with Crippen molar-refractivity contribution in [3.8, 4) is 0 Å². The van der Waals surface area contributed by atoms with Gasteiger partial charge in [0.15, 0.2) is 0 Å². The molecule has 0 radical (unpaired) electrons. The third-order valence-corrected chi connectivity index (χ3v) is 3.59. The summed E-state index contributed by atoms with van der Waals surface area (Å²) in [6.07, 6.45) is 6.54. The maximum absolute atomic E-state index is 12.0. The second-order valence-electron chi connectivity index (χ2n) is 4.71. The van der Waals surface area contributed by atoms with Gasteiger partial charge in [-0.15, -0.1) is 0 Å². The summed E-state index contributed by atoms with van der Waals surface area (Å²) >= 11 is 5.71. The number of rotatable bonds is 4. The molecule has 1 amide bonds. The lowest BCUT2D eigenvalue weighted by molar-refractivity contribution is -0.384. The van der Waals surface area contributed by atoms with Crippen LogP contribution in [0.1, 0.15) is 36.0 Å². The van der Waals surface area contributed by atoms with Crippen molar-refractivity contribution in [1.29, 1.82) is 0 Å². The quantitative estimate of drug-likeness (QED) is 0.525. The Morgan fingerprint density at radius 1 is 1.40 bits per heavy atom. The molecule has 20 heavy (non-hydrogen) atoms. The number of allylic oxidation sites excluding steroid dienone is 1. The lowest BCUT2D eigenvalue weighted by Gasteiger charge is -2.13. The molecule has 0 aromatic heterocycles. The highest BCUT2D eigenvalue weighted by Crippen LogP contribution is 2.25. The molecule has 1 aromatic carbocycles. The fourth-order valence-corrected chi connectivity index (χ4v) is 2.34. The first-order chi connectivity index (χ1) is 9.58. The second-order valence-corrected chi connectivity index (χ2v) is 5.12. The van der Waals surface area contributed by atoms with Crippen LogP contribution in [0.15, 0.2) is 29.8 Å². The molecule has 0 saturated heterocycles. The predicted octanol–water partition coefficient (Wildman–Crippen LogP) is 3.48. The van der Waals surface area contributed by atoms with E-state index in [1.165, 1.54) is 30.2 Å². The Kier molecular flexibility index (Phi) is 4.74. The Bertz CT molecular complexity index is 570. The van der Waals surface area contributed by atoms with E-state index in [-0.39, 0.29) is 22.2 Å². The largest absolute Gasteiger partial charge is 0.348 e. The lowest BCUT2D eigenvalue weighted by atomic mass is 9.99. The maximum atomic E-state index is 12.0. The summed E-state index contributed by atoms with van der Waals surface area (Å²) in [6, 6.07) is 4.06. The highest BCUT2D eigenvalue weighted by Gasteiger charge is 2.16. The Hall–Kier alpha value is -1.88. The number of carbonyl (C=O) groups is 1. The number of carbonyl (C=O) groups excluding carboxylic acids is 1. The van der Waals surface area contributed by atoms with E-state index in [1.807, 2.05) is 0 Å². The van der Waals surface area contributed by atoms with E-state index >= 15 is 0 Å². The zero-order chi connectivity index (χ0) is 14.5. The first-order valence-electron chi connectivity index (χ1n) is 6.48. The van der Waals surface area contributed by atoms with E-state index in [4.69, 9.17) is 11.6 Å². The van der Waals surface area contributed by atoms with Gasteiger partial charge in [0.25, 0.3) is 11.6 Å². The van der Waals surface area contributed by atoms with Gasteiger partial charge in [0.1, 0.15) is 5.02 Å². The molecule has 1 aliphatic carbocycles. The van der Waals surface area contributed by atoms with Crippen LogP contribution in [0.3, 0.4) is 0 Å². The van der Waals surface area contributed by atoms with Gasteiger partial charge in [-0.1, -0.05) is 23.3 Å². The number of halogens is 1. The number of nitrogens with one attached hydrogen (secondary N) is 1. The van der Waals surface area contributed by atoms with Crippen molar-refractivity contribution in [2.75, 3.05) is 6.54 Å². The highest BCUT2D eigenvalue weighted by molar-refractivity contribution is 6.32. The molecule has 2 rings (SSSR count). The molecule has 106 valence electrons. The Morgan fingerprint density at radius 3 is 2.85 bits per heavy atom. The van der Waals surface area contributed by atoms with Crippen LogP contribution < -0.4 is 5.32 Å². The van der Waals surface area contributed by atoms with E-state index in [9.17, 15) is 14.9 Å². The van der Waals surface area contributed by atoms with Gasteiger partial charge in [0.05, 0.1) is 4.92 Å². The minimum absolute atomic E-state index is 0.0292.